The number of nitrogens with one attached hydrogen (secondary N) is 4. The molecule has 7 nitrogen and oxygen atoms in total. The van der Waals surface area contributed by atoms with E-state index in [4.69, 9.17) is 0 Å². The zero-order chi connectivity index (χ0) is 44.2. The first-order valence-corrected chi connectivity index (χ1v) is 27.8. The normalized spacial score (nSPS) is 12.0. The summed E-state index contributed by atoms with van der Waals surface area (Å²) in [6.07, 6.45) is 57.9. The number of carbonyl (C=O) groups is 2. The summed E-state index contributed by atoms with van der Waals surface area (Å²) in [7, 11) is 0. The van der Waals surface area contributed by atoms with Crippen molar-refractivity contribution in [1.82, 2.24) is 21.3 Å². The highest BCUT2D eigenvalue weighted by molar-refractivity contribution is 5.84. The van der Waals surface area contributed by atoms with Crippen LogP contribution in [0.15, 0.2) is 0 Å². The second-order valence-corrected chi connectivity index (χ2v) is 19.0. The number of hydrogen-bond acceptors (Lipinski definition) is 5. The number of carboxylic acids is 1. The summed E-state index contributed by atoms with van der Waals surface area (Å²) in [5.41, 5.74) is 0. The summed E-state index contributed by atoms with van der Waals surface area (Å²) in [5, 5.41) is 22.6. The van der Waals surface area contributed by atoms with Crippen molar-refractivity contribution in [3.8, 4) is 0 Å². The lowest BCUT2D eigenvalue weighted by Gasteiger charge is -2.14. The standard InChI is InChI=1S/C54H110N4O3/c1-3-5-7-9-11-13-15-17-19-21-23-25-27-29-31-33-35-37-39-41-45-55-47-43-49-57-52(54(60)61)51-53(59)58-50-44-48-56-46-42-40-38-36-34-32-30-28-26-24-22-20-18-16-14-12-10-8-6-4-2/h52,55-57H,3-51H2,1-2H3,(H,58,59)(H,60,61)/t52-/m0/s1. The molecule has 0 aromatic carbocycles. The van der Waals surface area contributed by atoms with Crippen LogP contribution in [-0.4, -0.2) is 62.3 Å². The summed E-state index contributed by atoms with van der Waals surface area (Å²) < 4.78 is 0. The largest absolute Gasteiger partial charge is 0.480 e. The van der Waals surface area contributed by atoms with Gasteiger partial charge >= 0.3 is 5.97 Å². The highest BCUT2D eigenvalue weighted by atomic mass is 16.4. The van der Waals surface area contributed by atoms with Crippen LogP contribution in [0, 0.1) is 0 Å². The van der Waals surface area contributed by atoms with Crippen molar-refractivity contribution in [3.63, 3.8) is 0 Å². The first-order valence-electron chi connectivity index (χ1n) is 27.8. The van der Waals surface area contributed by atoms with Crippen LogP contribution in [-0.2, 0) is 9.59 Å². The topological polar surface area (TPSA) is 102 Å². The molecule has 1 atom stereocenters. The van der Waals surface area contributed by atoms with E-state index in [9.17, 15) is 14.7 Å². The third kappa shape index (κ3) is 51.3. The number of amides is 1. The van der Waals surface area contributed by atoms with E-state index in [0.29, 0.717) is 13.1 Å². The minimum absolute atomic E-state index is 0.0189. The van der Waals surface area contributed by atoms with Gasteiger partial charge in [-0.05, 0) is 58.4 Å². The molecule has 0 aliphatic rings. The molecule has 0 fully saturated rings. The number of aliphatic carboxylic acids is 1. The number of carboxylic acid groups (broad SMARTS) is 1. The van der Waals surface area contributed by atoms with Crippen molar-refractivity contribution in [2.24, 2.45) is 0 Å². The molecule has 0 bridgehead atoms. The van der Waals surface area contributed by atoms with Crippen molar-refractivity contribution in [3.05, 3.63) is 0 Å². The maximum absolute atomic E-state index is 12.4. The molecule has 0 saturated carbocycles. The van der Waals surface area contributed by atoms with E-state index < -0.39 is 12.0 Å². The molecule has 0 heterocycles. The Hall–Kier alpha value is -1.18. The van der Waals surface area contributed by atoms with E-state index in [1.54, 1.807) is 0 Å². The highest BCUT2D eigenvalue weighted by Crippen LogP contribution is 2.16. The van der Waals surface area contributed by atoms with Crippen LogP contribution in [0.1, 0.15) is 290 Å². The fraction of sp³-hybridized carbons (Fsp3) is 0.963. The van der Waals surface area contributed by atoms with Crippen LogP contribution in [0.5, 0.6) is 0 Å². The Labute approximate surface area is 381 Å². The fourth-order valence-corrected chi connectivity index (χ4v) is 8.70. The van der Waals surface area contributed by atoms with Gasteiger partial charge in [-0.2, -0.15) is 0 Å². The van der Waals surface area contributed by atoms with Gasteiger partial charge in [-0.15, -0.1) is 0 Å². The summed E-state index contributed by atoms with van der Waals surface area (Å²) >= 11 is 0. The van der Waals surface area contributed by atoms with Gasteiger partial charge < -0.3 is 26.4 Å². The van der Waals surface area contributed by atoms with Gasteiger partial charge in [-0.25, -0.2) is 0 Å². The Kier molecular flexibility index (Phi) is 52.1. The molecule has 0 radical (unpaired) electrons. The molecule has 0 aliphatic heterocycles. The van der Waals surface area contributed by atoms with Gasteiger partial charge in [0.15, 0.2) is 0 Å². The molecule has 0 aromatic rings. The van der Waals surface area contributed by atoms with E-state index in [-0.39, 0.29) is 12.3 Å². The summed E-state index contributed by atoms with van der Waals surface area (Å²) in [6.45, 7) is 9.58. The fourth-order valence-electron chi connectivity index (χ4n) is 8.70. The smallest absolute Gasteiger partial charge is 0.321 e. The molecule has 0 spiro atoms. The quantitative estimate of drug-likeness (QED) is 0.0390. The van der Waals surface area contributed by atoms with Crippen molar-refractivity contribution >= 4 is 11.9 Å². The van der Waals surface area contributed by atoms with E-state index >= 15 is 0 Å². The lowest BCUT2D eigenvalue weighted by molar-refractivity contribution is -0.141. The van der Waals surface area contributed by atoms with Gasteiger partial charge in [0.05, 0.1) is 6.42 Å². The zero-order valence-electron chi connectivity index (χ0n) is 41.5. The Balaban J connectivity index is 3.39. The van der Waals surface area contributed by atoms with E-state index in [1.165, 1.54) is 257 Å². The van der Waals surface area contributed by atoms with Gasteiger partial charge in [-0.3, -0.25) is 9.59 Å². The van der Waals surface area contributed by atoms with Gasteiger partial charge in [0, 0.05) is 6.54 Å². The number of unbranched alkanes of at least 4 members (excludes halogenated alkanes) is 38. The molecule has 364 valence electrons. The summed E-state index contributed by atoms with van der Waals surface area (Å²) in [5.74, 6) is -1.14. The van der Waals surface area contributed by atoms with Crippen molar-refractivity contribution in [2.75, 3.05) is 39.3 Å². The van der Waals surface area contributed by atoms with Crippen LogP contribution < -0.4 is 21.3 Å². The van der Waals surface area contributed by atoms with Gasteiger partial charge in [0.2, 0.25) is 5.91 Å². The van der Waals surface area contributed by atoms with E-state index in [1.807, 2.05) is 0 Å². The molecule has 61 heavy (non-hydrogen) atoms. The predicted molar refractivity (Wildman–Crippen MR) is 268 cm³/mol. The molecule has 0 rings (SSSR count). The Morgan fingerprint density at radius 2 is 0.574 bits per heavy atom. The average Bonchev–Trinajstić information content (AvgIpc) is 3.25. The zero-order valence-corrected chi connectivity index (χ0v) is 41.5. The molecular formula is C54H110N4O3. The van der Waals surface area contributed by atoms with Crippen LogP contribution in [0.2, 0.25) is 0 Å². The van der Waals surface area contributed by atoms with E-state index in [0.717, 1.165) is 39.0 Å². The Morgan fingerprint density at radius 3 is 0.852 bits per heavy atom. The molecule has 0 unspecified atom stereocenters. The second-order valence-electron chi connectivity index (χ2n) is 19.0. The maximum atomic E-state index is 12.4. The maximum Gasteiger partial charge on any atom is 0.321 e. The Bertz CT molecular complexity index is 858. The molecule has 1 amide bonds. The SMILES string of the molecule is CCCCCCCCCCCCCCCCCCCCCCNCCCNC(=O)C[C@H](NCCCNCCCCCCCCCCCCCCCCCCCCCC)C(=O)O. The minimum Gasteiger partial charge on any atom is -0.480 e. The number of carbonyl (C=O) groups excluding carboxylic acids is 1. The summed E-state index contributed by atoms with van der Waals surface area (Å²) in [6, 6.07) is -0.832. The molecular weight excluding hydrogens is 753 g/mol. The van der Waals surface area contributed by atoms with E-state index in [2.05, 4.69) is 35.1 Å². The highest BCUT2D eigenvalue weighted by Gasteiger charge is 2.20. The molecule has 0 saturated heterocycles. The van der Waals surface area contributed by atoms with Crippen molar-refractivity contribution in [1.29, 1.82) is 0 Å². The summed E-state index contributed by atoms with van der Waals surface area (Å²) in [4.78, 5) is 24.1. The van der Waals surface area contributed by atoms with Gasteiger partial charge in [0.1, 0.15) is 6.04 Å². The lowest BCUT2D eigenvalue weighted by atomic mass is 10.0. The van der Waals surface area contributed by atoms with Crippen LogP contribution in [0.4, 0.5) is 0 Å². The monoisotopic (exact) mass is 863 g/mol. The van der Waals surface area contributed by atoms with Crippen LogP contribution in [0.25, 0.3) is 0 Å². The minimum atomic E-state index is -0.955. The van der Waals surface area contributed by atoms with Crippen LogP contribution >= 0.6 is 0 Å². The van der Waals surface area contributed by atoms with Crippen LogP contribution in [0.3, 0.4) is 0 Å². The number of rotatable bonds is 54. The van der Waals surface area contributed by atoms with Crippen molar-refractivity contribution < 1.29 is 14.7 Å². The molecule has 0 aliphatic carbocycles. The number of hydrogen-bond donors (Lipinski definition) is 5. The van der Waals surface area contributed by atoms with Gasteiger partial charge in [-0.1, -0.05) is 258 Å². The second kappa shape index (κ2) is 53.2. The van der Waals surface area contributed by atoms with Gasteiger partial charge in [0.25, 0.3) is 0 Å². The molecule has 0 aromatic heterocycles. The average molecular weight is 863 g/mol. The third-order valence-corrected chi connectivity index (χ3v) is 12.9. The third-order valence-electron chi connectivity index (χ3n) is 12.9. The first kappa shape index (κ1) is 59.8. The lowest BCUT2D eigenvalue weighted by Crippen LogP contribution is -2.42. The molecule has 5 N–H and O–H groups in total. The van der Waals surface area contributed by atoms with Crippen molar-refractivity contribution in [2.45, 2.75) is 296 Å². The molecule has 7 heteroatoms. The Morgan fingerprint density at radius 1 is 0.328 bits per heavy atom. The first-order chi connectivity index (χ1) is 30.1. The predicted octanol–water partition coefficient (Wildman–Crippen LogP) is 15.1.